The number of hydrogen-bond donors (Lipinski definition) is 1. The molecular formula is C20H23N3O3. The van der Waals surface area contributed by atoms with Gasteiger partial charge in [-0.1, -0.05) is 6.07 Å². The van der Waals surface area contributed by atoms with Crippen LogP contribution in [-0.2, 0) is 11.3 Å². The molecule has 6 nitrogen and oxygen atoms in total. The summed E-state index contributed by atoms with van der Waals surface area (Å²) >= 11 is 0. The second kappa shape index (κ2) is 6.36. The highest BCUT2D eigenvalue weighted by Gasteiger charge is 2.32. The van der Waals surface area contributed by atoms with Gasteiger partial charge in [0.25, 0.3) is 0 Å². The van der Waals surface area contributed by atoms with Crippen LogP contribution in [-0.4, -0.2) is 47.7 Å². The summed E-state index contributed by atoms with van der Waals surface area (Å²) in [4.78, 5) is 14.7. The van der Waals surface area contributed by atoms with Crippen LogP contribution < -0.4 is 14.8 Å². The number of hydrogen-bond acceptors (Lipinski definition) is 4. The van der Waals surface area contributed by atoms with Gasteiger partial charge >= 0.3 is 0 Å². The summed E-state index contributed by atoms with van der Waals surface area (Å²) in [5.74, 6) is 1.71. The number of amides is 1. The summed E-state index contributed by atoms with van der Waals surface area (Å²) in [6, 6.07) is 10.8. The average Bonchev–Trinajstić information content (AvgIpc) is 3.34. The Morgan fingerprint density at radius 1 is 1.12 bits per heavy atom. The predicted molar refractivity (Wildman–Crippen MR) is 96.4 cm³/mol. The zero-order chi connectivity index (χ0) is 17.5. The van der Waals surface area contributed by atoms with Gasteiger partial charge in [-0.25, -0.2) is 0 Å². The second-order valence-corrected chi connectivity index (χ2v) is 7.24. The Balaban J connectivity index is 1.46. The van der Waals surface area contributed by atoms with Gasteiger partial charge in [-0.15, -0.1) is 0 Å². The van der Waals surface area contributed by atoms with Gasteiger partial charge in [-0.05, 0) is 42.7 Å². The lowest BCUT2D eigenvalue weighted by Crippen LogP contribution is -2.44. The number of rotatable bonds is 4. The summed E-state index contributed by atoms with van der Waals surface area (Å²) in [5, 5.41) is 3.11. The number of carbonyl (C=O) groups is 1. The number of fused-ring (bicyclic) bond motifs is 2. The van der Waals surface area contributed by atoms with Gasteiger partial charge in [0.15, 0.2) is 11.5 Å². The van der Waals surface area contributed by atoms with Gasteiger partial charge < -0.3 is 19.4 Å². The van der Waals surface area contributed by atoms with Crippen molar-refractivity contribution < 1.29 is 14.3 Å². The standard InChI is InChI=1S/C20H23N3O3/c24-19(21-15-4-5-15)13-23-9-8-22-7-1-2-16(22)20(23)14-3-6-17-18(12-14)26-11-10-25-17/h1-3,6-7,12,15,20H,4-5,8-11,13H2,(H,21,24). The maximum atomic E-state index is 12.4. The molecule has 1 fully saturated rings. The number of nitrogens with zero attached hydrogens (tertiary/aromatic N) is 2. The van der Waals surface area contributed by atoms with E-state index in [2.05, 4.69) is 45.2 Å². The highest BCUT2D eigenvalue weighted by Crippen LogP contribution is 2.38. The Bertz CT molecular complexity index is 827. The van der Waals surface area contributed by atoms with E-state index in [4.69, 9.17) is 9.47 Å². The number of ether oxygens (including phenoxy) is 2. The van der Waals surface area contributed by atoms with E-state index in [1.807, 2.05) is 6.07 Å². The molecule has 0 bridgehead atoms. The Labute approximate surface area is 152 Å². The number of carbonyl (C=O) groups excluding carboxylic acids is 1. The van der Waals surface area contributed by atoms with Crippen LogP contribution in [0.5, 0.6) is 11.5 Å². The van der Waals surface area contributed by atoms with Crippen LogP contribution in [0, 0.1) is 0 Å². The fourth-order valence-electron chi connectivity index (χ4n) is 3.90. The fraction of sp³-hybridized carbons (Fsp3) is 0.450. The number of nitrogens with one attached hydrogen (secondary N) is 1. The minimum Gasteiger partial charge on any atom is -0.486 e. The summed E-state index contributed by atoms with van der Waals surface area (Å²) in [6.07, 6.45) is 4.34. The molecule has 1 aromatic carbocycles. The Hall–Kier alpha value is -2.47. The second-order valence-electron chi connectivity index (χ2n) is 7.24. The molecular weight excluding hydrogens is 330 g/mol. The zero-order valence-corrected chi connectivity index (χ0v) is 14.7. The normalized spacial score (nSPS) is 21.9. The van der Waals surface area contributed by atoms with E-state index in [-0.39, 0.29) is 11.9 Å². The van der Waals surface area contributed by atoms with Gasteiger partial charge in [0.05, 0.1) is 12.6 Å². The SMILES string of the molecule is O=C(CN1CCn2cccc2C1c1ccc2c(c1)OCCO2)NC1CC1. The quantitative estimate of drug-likeness (QED) is 0.913. The van der Waals surface area contributed by atoms with Gasteiger partial charge in [-0.3, -0.25) is 9.69 Å². The van der Waals surface area contributed by atoms with Crippen molar-refractivity contribution in [2.45, 2.75) is 31.5 Å². The van der Waals surface area contributed by atoms with Gasteiger partial charge in [0.2, 0.25) is 5.91 Å². The molecule has 3 aliphatic rings. The molecule has 3 heterocycles. The van der Waals surface area contributed by atoms with Crippen LogP contribution in [0.4, 0.5) is 0 Å². The third-order valence-corrected chi connectivity index (χ3v) is 5.31. The highest BCUT2D eigenvalue weighted by molar-refractivity contribution is 5.78. The molecule has 1 N–H and O–H groups in total. The molecule has 0 radical (unpaired) electrons. The van der Waals surface area contributed by atoms with Crippen molar-refractivity contribution >= 4 is 5.91 Å². The smallest absolute Gasteiger partial charge is 0.234 e. The first-order valence-electron chi connectivity index (χ1n) is 9.36. The summed E-state index contributed by atoms with van der Waals surface area (Å²) in [5.41, 5.74) is 2.35. The molecule has 2 aromatic rings. The molecule has 1 amide bonds. The highest BCUT2D eigenvalue weighted by atomic mass is 16.6. The molecule has 2 aliphatic heterocycles. The third-order valence-electron chi connectivity index (χ3n) is 5.31. The van der Waals surface area contributed by atoms with E-state index in [0.717, 1.165) is 43.0 Å². The van der Waals surface area contributed by atoms with Crippen LogP contribution in [0.25, 0.3) is 0 Å². The first-order valence-corrected chi connectivity index (χ1v) is 9.36. The number of benzene rings is 1. The van der Waals surface area contributed by atoms with Gasteiger partial charge in [0.1, 0.15) is 13.2 Å². The molecule has 1 aliphatic carbocycles. The minimum atomic E-state index is 0.0412. The summed E-state index contributed by atoms with van der Waals surface area (Å²) in [6.45, 7) is 3.33. The molecule has 26 heavy (non-hydrogen) atoms. The summed E-state index contributed by atoms with van der Waals surface area (Å²) in [7, 11) is 0. The monoisotopic (exact) mass is 353 g/mol. The molecule has 136 valence electrons. The topological polar surface area (TPSA) is 55.7 Å². The lowest BCUT2D eigenvalue weighted by molar-refractivity contribution is -0.123. The zero-order valence-electron chi connectivity index (χ0n) is 14.7. The van der Waals surface area contributed by atoms with Gasteiger partial charge in [-0.2, -0.15) is 0 Å². The lowest BCUT2D eigenvalue weighted by atomic mass is 9.99. The summed E-state index contributed by atoms with van der Waals surface area (Å²) < 4.78 is 13.7. The van der Waals surface area contributed by atoms with E-state index < -0.39 is 0 Å². The molecule has 0 spiro atoms. The lowest BCUT2D eigenvalue weighted by Gasteiger charge is -2.37. The molecule has 1 unspecified atom stereocenters. The first kappa shape index (κ1) is 15.8. The molecule has 0 saturated heterocycles. The van der Waals surface area contributed by atoms with Crippen molar-refractivity contribution in [2.24, 2.45) is 0 Å². The van der Waals surface area contributed by atoms with Crippen LogP contribution >= 0.6 is 0 Å². The molecule has 5 rings (SSSR count). The maximum Gasteiger partial charge on any atom is 0.234 e. The molecule has 1 aromatic heterocycles. The van der Waals surface area contributed by atoms with E-state index >= 15 is 0 Å². The van der Waals surface area contributed by atoms with Crippen molar-refractivity contribution in [3.05, 3.63) is 47.8 Å². The van der Waals surface area contributed by atoms with Crippen molar-refractivity contribution in [2.75, 3.05) is 26.3 Å². The van der Waals surface area contributed by atoms with Crippen LogP contribution in [0.1, 0.15) is 30.1 Å². The van der Waals surface area contributed by atoms with Crippen molar-refractivity contribution in [1.82, 2.24) is 14.8 Å². The number of aromatic nitrogens is 1. The Kier molecular flexibility index (Phi) is 3.85. The van der Waals surface area contributed by atoms with E-state index in [1.54, 1.807) is 0 Å². The third kappa shape index (κ3) is 2.94. The van der Waals surface area contributed by atoms with Crippen LogP contribution in [0.3, 0.4) is 0 Å². The van der Waals surface area contributed by atoms with E-state index in [0.29, 0.717) is 25.8 Å². The minimum absolute atomic E-state index is 0.0412. The van der Waals surface area contributed by atoms with Crippen LogP contribution in [0.2, 0.25) is 0 Å². The Morgan fingerprint density at radius 3 is 2.81 bits per heavy atom. The molecule has 6 heteroatoms. The van der Waals surface area contributed by atoms with Crippen molar-refractivity contribution in [1.29, 1.82) is 0 Å². The van der Waals surface area contributed by atoms with Crippen LogP contribution in [0.15, 0.2) is 36.5 Å². The molecule has 1 saturated carbocycles. The molecule has 1 atom stereocenters. The van der Waals surface area contributed by atoms with E-state index in [9.17, 15) is 4.79 Å². The van der Waals surface area contributed by atoms with Gasteiger partial charge in [0, 0.05) is 31.0 Å². The largest absolute Gasteiger partial charge is 0.486 e. The predicted octanol–water partition coefficient (Wildman–Crippen LogP) is 1.94. The Morgan fingerprint density at radius 2 is 1.96 bits per heavy atom. The maximum absolute atomic E-state index is 12.4. The first-order chi connectivity index (χ1) is 12.8. The van der Waals surface area contributed by atoms with E-state index in [1.165, 1.54) is 5.69 Å². The average molecular weight is 353 g/mol. The fourth-order valence-corrected chi connectivity index (χ4v) is 3.90. The van der Waals surface area contributed by atoms with Crippen molar-refractivity contribution in [3.8, 4) is 11.5 Å². The van der Waals surface area contributed by atoms with Crippen molar-refractivity contribution in [3.63, 3.8) is 0 Å².